The summed E-state index contributed by atoms with van der Waals surface area (Å²) in [6.45, 7) is 0. The quantitative estimate of drug-likeness (QED) is 0.549. The van der Waals surface area contributed by atoms with E-state index in [2.05, 4.69) is 15.4 Å². The number of benzene rings is 3. The third kappa shape index (κ3) is 3.68. The third-order valence-corrected chi connectivity index (χ3v) is 3.94. The highest BCUT2D eigenvalue weighted by molar-refractivity contribution is 5.99. The minimum atomic E-state index is -0.433. The summed E-state index contributed by atoms with van der Waals surface area (Å²) in [5, 5.41) is 7.21. The first-order valence-corrected chi connectivity index (χ1v) is 8.62. The van der Waals surface area contributed by atoms with Gasteiger partial charge in [0.05, 0.1) is 5.56 Å². The van der Waals surface area contributed by atoms with E-state index < -0.39 is 5.91 Å². The van der Waals surface area contributed by atoms with Crippen LogP contribution < -0.4 is 15.8 Å². The van der Waals surface area contributed by atoms with E-state index in [1.54, 1.807) is 24.3 Å². The lowest BCUT2D eigenvalue weighted by Crippen LogP contribution is -2.17. The molecule has 0 aliphatic rings. The summed E-state index contributed by atoms with van der Waals surface area (Å²) in [5.74, 6) is 0.820. The lowest BCUT2D eigenvalue weighted by Gasteiger charge is -2.10. The van der Waals surface area contributed by atoms with E-state index in [-0.39, 0.29) is 11.9 Å². The molecule has 0 unspecified atom stereocenters. The van der Waals surface area contributed by atoms with Crippen LogP contribution in [0.15, 0.2) is 84.9 Å². The van der Waals surface area contributed by atoms with Crippen molar-refractivity contribution in [3.05, 3.63) is 90.5 Å². The van der Waals surface area contributed by atoms with Crippen LogP contribution in [0, 0.1) is 0 Å². The lowest BCUT2D eigenvalue weighted by molar-refractivity contribution is 0.0945. The summed E-state index contributed by atoms with van der Waals surface area (Å²) >= 11 is 0. The molecule has 0 atom stereocenters. The summed E-state index contributed by atoms with van der Waals surface area (Å²) < 4.78 is 6.91. The molecule has 4 aromatic rings. The van der Waals surface area contributed by atoms with Crippen molar-refractivity contribution in [1.29, 1.82) is 0 Å². The van der Waals surface area contributed by atoms with E-state index in [1.165, 1.54) is 0 Å². The van der Waals surface area contributed by atoms with Gasteiger partial charge in [0.15, 0.2) is 0 Å². The smallest absolute Gasteiger partial charge is 0.285 e. The van der Waals surface area contributed by atoms with E-state index >= 15 is 0 Å². The molecule has 0 aliphatic carbocycles. The SMILES string of the molecule is Nc1nc(Nc2ccccc2)nn1C(=O)c1ccccc1Oc1ccccc1. The Morgan fingerprint density at radius 1 is 0.893 bits per heavy atom. The number of ether oxygens (including phenoxy) is 1. The van der Waals surface area contributed by atoms with Crippen molar-refractivity contribution in [3.8, 4) is 11.5 Å². The van der Waals surface area contributed by atoms with Crippen LogP contribution in [0.25, 0.3) is 0 Å². The molecular weight excluding hydrogens is 354 g/mol. The van der Waals surface area contributed by atoms with Gasteiger partial charge in [0.1, 0.15) is 11.5 Å². The van der Waals surface area contributed by atoms with Gasteiger partial charge in [-0.1, -0.05) is 48.5 Å². The van der Waals surface area contributed by atoms with Gasteiger partial charge in [-0.05, 0) is 36.4 Å². The highest BCUT2D eigenvalue weighted by Gasteiger charge is 2.20. The number of nitrogen functional groups attached to an aromatic ring is 1. The molecule has 0 amide bonds. The normalized spacial score (nSPS) is 10.4. The molecule has 7 heteroatoms. The predicted molar refractivity (Wildman–Crippen MR) is 107 cm³/mol. The Kier molecular flexibility index (Phi) is 4.71. The van der Waals surface area contributed by atoms with Crippen molar-refractivity contribution in [3.63, 3.8) is 0 Å². The van der Waals surface area contributed by atoms with Gasteiger partial charge >= 0.3 is 0 Å². The van der Waals surface area contributed by atoms with Crippen molar-refractivity contribution in [2.45, 2.75) is 0 Å². The summed E-state index contributed by atoms with van der Waals surface area (Å²) in [5.41, 5.74) is 7.04. The summed E-state index contributed by atoms with van der Waals surface area (Å²) in [4.78, 5) is 17.1. The Hall–Kier alpha value is -4.13. The molecular formula is C21H17N5O2. The van der Waals surface area contributed by atoms with Crippen LogP contribution in [0.2, 0.25) is 0 Å². The van der Waals surface area contributed by atoms with E-state index in [4.69, 9.17) is 10.5 Å². The molecule has 0 saturated heterocycles. The molecule has 7 nitrogen and oxygen atoms in total. The number of nitrogens with one attached hydrogen (secondary N) is 1. The van der Waals surface area contributed by atoms with Crippen LogP contribution in [0.1, 0.15) is 10.4 Å². The van der Waals surface area contributed by atoms with Crippen molar-refractivity contribution in [1.82, 2.24) is 14.8 Å². The average Bonchev–Trinajstić information content (AvgIpc) is 3.09. The number of aromatic nitrogens is 3. The first-order valence-electron chi connectivity index (χ1n) is 8.62. The van der Waals surface area contributed by atoms with Crippen LogP contribution in [-0.2, 0) is 0 Å². The number of hydrogen-bond donors (Lipinski definition) is 2. The van der Waals surface area contributed by atoms with Crippen molar-refractivity contribution < 1.29 is 9.53 Å². The number of carbonyl (C=O) groups excluding carboxylic acids is 1. The van der Waals surface area contributed by atoms with E-state index in [1.807, 2.05) is 60.7 Å². The van der Waals surface area contributed by atoms with Crippen LogP contribution in [0.4, 0.5) is 17.6 Å². The van der Waals surface area contributed by atoms with Gasteiger partial charge in [0.2, 0.25) is 11.9 Å². The standard InChI is InChI=1S/C21H17N5O2/c22-20-24-21(23-15-9-3-1-4-10-15)25-26(20)19(27)17-13-7-8-14-18(17)28-16-11-5-2-6-12-16/h1-14H,(H3,22,23,24,25). The molecule has 0 saturated carbocycles. The van der Waals surface area contributed by atoms with Crippen molar-refractivity contribution >= 4 is 23.5 Å². The molecule has 28 heavy (non-hydrogen) atoms. The number of anilines is 3. The molecule has 0 aliphatic heterocycles. The second kappa shape index (κ2) is 7.63. The largest absolute Gasteiger partial charge is 0.457 e. The van der Waals surface area contributed by atoms with E-state index in [0.29, 0.717) is 17.1 Å². The number of rotatable bonds is 5. The van der Waals surface area contributed by atoms with Crippen LogP contribution in [0.3, 0.4) is 0 Å². The van der Waals surface area contributed by atoms with Gasteiger partial charge in [-0.3, -0.25) is 4.79 Å². The molecule has 0 spiro atoms. The fourth-order valence-corrected chi connectivity index (χ4v) is 2.64. The summed E-state index contributed by atoms with van der Waals surface area (Å²) in [6, 6.07) is 25.5. The Morgan fingerprint density at radius 2 is 1.54 bits per heavy atom. The Morgan fingerprint density at radius 3 is 2.29 bits per heavy atom. The number of carbonyl (C=O) groups is 1. The second-order valence-corrected chi connectivity index (χ2v) is 5.91. The lowest BCUT2D eigenvalue weighted by atomic mass is 10.2. The van der Waals surface area contributed by atoms with E-state index in [0.717, 1.165) is 10.4 Å². The Labute approximate surface area is 161 Å². The zero-order chi connectivity index (χ0) is 19.3. The monoisotopic (exact) mass is 371 g/mol. The van der Waals surface area contributed by atoms with Crippen molar-refractivity contribution in [2.75, 3.05) is 11.1 Å². The van der Waals surface area contributed by atoms with Crippen molar-refractivity contribution in [2.24, 2.45) is 0 Å². The molecule has 138 valence electrons. The molecule has 1 aromatic heterocycles. The first-order chi connectivity index (χ1) is 13.7. The Balaban J connectivity index is 1.62. The minimum Gasteiger partial charge on any atom is -0.457 e. The van der Waals surface area contributed by atoms with Crippen LogP contribution >= 0.6 is 0 Å². The predicted octanol–water partition coefficient (Wildman–Crippen LogP) is 4.08. The molecule has 0 radical (unpaired) electrons. The molecule has 3 N–H and O–H groups in total. The maximum absolute atomic E-state index is 13.0. The van der Waals surface area contributed by atoms with Gasteiger partial charge in [-0.2, -0.15) is 9.67 Å². The Bertz CT molecular complexity index is 1090. The fraction of sp³-hybridized carbons (Fsp3) is 0. The van der Waals surface area contributed by atoms with Crippen LogP contribution in [0.5, 0.6) is 11.5 Å². The molecule has 4 rings (SSSR count). The molecule has 0 fully saturated rings. The highest BCUT2D eigenvalue weighted by atomic mass is 16.5. The third-order valence-electron chi connectivity index (χ3n) is 3.94. The zero-order valence-electron chi connectivity index (χ0n) is 14.8. The summed E-state index contributed by atoms with van der Waals surface area (Å²) in [6.07, 6.45) is 0. The number of nitrogens with zero attached hydrogens (tertiary/aromatic N) is 3. The van der Waals surface area contributed by atoms with Gasteiger partial charge in [0, 0.05) is 5.69 Å². The number of nitrogens with two attached hydrogens (primary N) is 1. The molecule has 3 aromatic carbocycles. The minimum absolute atomic E-state index is 0.0158. The molecule has 0 bridgehead atoms. The highest BCUT2D eigenvalue weighted by Crippen LogP contribution is 2.26. The topological polar surface area (TPSA) is 95.1 Å². The zero-order valence-corrected chi connectivity index (χ0v) is 14.8. The maximum Gasteiger partial charge on any atom is 0.285 e. The van der Waals surface area contributed by atoms with Gasteiger partial charge in [-0.15, -0.1) is 5.10 Å². The first kappa shape index (κ1) is 17.3. The maximum atomic E-state index is 13.0. The van der Waals surface area contributed by atoms with E-state index in [9.17, 15) is 4.79 Å². The molecule has 1 heterocycles. The van der Waals surface area contributed by atoms with Gasteiger partial charge < -0.3 is 15.8 Å². The average molecular weight is 371 g/mol. The fourth-order valence-electron chi connectivity index (χ4n) is 2.64. The van der Waals surface area contributed by atoms with Gasteiger partial charge in [-0.25, -0.2) is 0 Å². The van der Waals surface area contributed by atoms with Crippen LogP contribution in [-0.4, -0.2) is 20.7 Å². The number of hydrogen-bond acceptors (Lipinski definition) is 6. The second-order valence-electron chi connectivity index (χ2n) is 5.91. The summed E-state index contributed by atoms with van der Waals surface area (Å²) in [7, 11) is 0. The van der Waals surface area contributed by atoms with Gasteiger partial charge in [0.25, 0.3) is 5.91 Å². The number of para-hydroxylation sites is 3.